The molecule has 19 rings (SSSR count). The van der Waals surface area contributed by atoms with Gasteiger partial charge in [0.2, 0.25) is 23.6 Å². The number of fused-ring (bicyclic) bond motifs is 7. The molecule has 12 aromatic carbocycles. The minimum atomic E-state index is -0.276. The molecule has 0 aliphatic rings. The summed E-state index contributed by atoms with van der Waals surface area (Å²) in [6.45, 7) is 27.1. The number of hydrogen-bond donors (Lipinski definition) is 0. The van der Waals surface area contributed by atoms with Crippen LogP contribution in [-0.2, 0) is 88.4 Å². The first-order chi connectivity index (χ1) is 68.1. The Morgan fingerprint density at radius 2 is 0.662 bits per heavy atom. The van der Waals surface area contributed by atoms with Gasteiger partial charge in [-0.3, -0.25) is 28.8 Å². The molecule has 7 aromatic heterocycles. The molecule has 142 heavy (non-hydrogen) atoms. The Morgan fingerprint density at radius 3 is 1.08 bits per heavy atom. The number of aromatic nitrogens is 7. The molecule has 0 unspecified atom stereocenters. The second kappa shape index (κ2) is 46.4. The summed E-state index contributed by atoms with van der Waals surface area (Å²) in [4.78, 5) is 89.5. The van der Waals surface area contributed by atoms with Gasteiger partial charge in [0, 0.05) is 158 Å². The van der Waals surface area contributed by atoms with E-state index in [0.717, 1.165) is 144 Å². The summed E-state index contributed by atoms with van der Waals surface area (Å²) in [5.41, 5.74) is 24.5. The van der Waals surface area contributed by atoms with Crippen molar-refractivity contribution in [1.29, 1.82) is 0 Å². The second-order valence-corrected chi connectivity index (χ2v) is 38.0. The fraction of sp³-hybridized carbons (Fsp3) is 0.246. The van der Waals surface area contributed by atoms with Gasteiger partial charge < -0.3 is 36.1 Å². The number of carbonyl (C=O) groups excluding carboxylic acids is 6. The molecule has 0 spiro atoms. The molecule has 0 aliphatic heterocycles. The van der Waals surface area contributed by atoms with Crippen LogP contribution in [0.2, 0.25) is 5.02 Å². The molecule has 0 saturated heterocycles. The van der Waals surface area contributed by atoms with E-state index in [2.05, 4.69) is 96.2 Å². The predicted molar refractivity (Wildman–Crippen MR) is 567 cm³/mol. The lowest BCUT2D eigenvalue weighted by molar-refractivity contribution is -0.122. The van der Waals surface area contributed by atoms with Crippen molar-refractivity contribution in [3.05, 3.63) is 351 Å². The number of rotatable bonds is 23. The number of carbonyl (C=O) groups is 6. The largest absolute Gasteiger partial charge is 0.495 e. The number of para-hydroxylation sites is 2. The minimum Gasteiger partial charge on any atom is -0.495 e. The van der Waals surface area contributed by atoms with Crippen molar-refractivity contribution in [3.63, 3.8) is 0 Å². The topological polar surface area (TPSA) is 231 Å². The first-order valence-corrected chi connectivity index (χ1v) is 48.2. The van der Waals surface area contributed by atoms with Gasteiger partial charge in [-0.2, -0.15) is 0 Å². The van der Waals surface area contributed by atoms with Crippen molar-refractivity contribution in [2.45, 2.75) is 135 Å². The quantitative estimate of drug-likeness (QED) is 0.0542. The molecule has 0 N–H and O–H groups in total. The summed E-state index contributed by atoms with van der Waals surface area (Å²) in [5, 5.41) is 3.80. The van der Waals surface area contributed by atoms with Gasteiger partial charge in [0.25, 0.3) is 0 Å². The summed E-state index contributed by atoms with van der Waals surface area (Å²) < 4.78 is 48.5. The average molecular weight is 1910 g/mol. The zero-order valence-electron chi connectivity index (χ0n) is 83.6. The highest BCUT2D eigenvalue weighted by atomic mass is 35.5. The van der Waals surface area contributed by atoms with Crippen molar-refractivity contribution < 1.29 is 55.6 Å². The van der Waals surface area contributed by atoms with E-state index < -0.39 is 0 Å². The molecule has 720 valence electrons. The van der Waals surface area contributed by atoms with Gasteiger partial charge in [0.15, 0.2) is 22.3 Å². The van der Waals surface area contributed by atoms with Crippen LogP contribution in [0.1, 0.15) is 150 Å². The van der Waals surface area contributed by atoms with Gasteiger partial charge >= 0.3 is 0 Å². The van der Waals surface area contributed by atoms with E-state index in [1.165, 1.54) is 23.0 Å². The maximum atomic E-state index is 13.5. The third-order valence-corrected chi connectivity index (χ3v) is 25.0. The number of benzene rings is 12. The monoisotopic (exact) mass is 1910 g/mol. The minimum absolute atomic E-state index is 0.00654. The summed E-state index contributed by atoms with van der Waals surface area (Å²) in [6.07, 6.45) is 8.59. The Labute approximate surface area is 832 Å². The van der Waals surface area contributed by atoms with Crippen LogP contribution in [0.3, 0.4) is 0 Å². The summed E-state index contributed by atoms with van der Waals surface area (Å²) in [6, 6.07) is 81.2. The molecule has 0 radical (unpaired) electrons. The number of nitrogens with zero attached hydrogens (tertiary/aromatic N) is 7. The smallest absolute Gasteiger partial charge is 0.229 e. The highest BCUT2D eigenvalue weighted by Crippen LogP contribution is 2.37. The van der Waals surface area contributed by atoms with E-state index in [4.69, 9.17) is 34.0 Å². The fourth-order valence-corrected chi connectivity index (χ4v) is 16.1. The Kier molecular flexibility index (Phi) is 33.4. The molecule has 0 aliphatic carbocycles. The number of hydrogen-bond acceptors (Lipinski definition) is 15. The Morgan fingerprint density at radius 1 is 0.324 bits per heavy atom. The Balaban J connectivity index is 0.000000136. The number of aryl methyl sites for hydroxylation is 5. The van der Waals surface area contributed by atoms with E-state index >= 15 is 0 Å². The molecule has 20 heteroatoms. The first-order valence-electron chi connectivity index (χ1n) is 47.8. The Bertz CT molecular complexity index is 7860. The van der Waals surface area contributed by atoms with Gasteiger partial charge in [-0.05, 0) is 186 Å². The van der Waals surface area contributed by atoms with Crippen LogP contribution in [0.5, 0.6) is 5.75 Å². The average Bonchev–Trinajstić information content (AvgIpc) is 1.61. The van der Waals surface area contributed by atoms with Gasteiger partial charge in [0.1, 0.15) is 68.3 Å². The first kappa shape index (κ1) is 102. The second-order valence-electron chi connectivity index (χ2n) is 37.6. The molecule has 18 nitrogen and oxygen atoms in total. The van der Waals surface area contributed by atoms with Crippen molar-refractivity contribution in [2.75, 3.05) is 7.11 Å². The van der Waals surface area contributed by atoms with Crippen LogP contribution >= 0.6 is 11.6 Å². The molecule has 0 fully saturated rings. The summed E-state index contributed by atoms with van der Waals surface area (Å²) >= 11 is 6.18. The van der Waals surface area contributed by atoms with E-state index in [0.29, 0.717) is 84.0 Å². The summed E-state index contributed by atoms with van der Waals surface area (Å²) in [7, 11) is 7.56. The number of oxazole rings is 4. The van der Waals surface area contributed by atoms with Gasteiger partial charge in [-0.25, -0.2) is 24.3 Å². The van der Waals surface area contributed by atoms with Crippen molar-refractivity contribution in [1.82, 2.24) is 33.6 Å². The number of methoxy groups -OCH3 is 1. The van der Waals surface area contributed by atoms with E-state index in [1.54, 1.807) is 19.2 Å². The number of Topliss-reactive ketones (excluding diaryl/α,β-unsaturated/α-hetero) is 6. The van der Waals surface area contributed by atoms with Crippen LogP contribution in [-0.4, -0.2) is 75.4 Å². The van der Waals surface area contributed by atoms with Crippen LogP contribution in [0.25, 0.3) is 123 Å². The van der Waals surface area contributed by atoms with E-state index in [9.17, 15) is 33.2 Å². The van der Waals surface area contributed by atoms with Crippen molar-refractivity contribution in [3.8, 4) is 75.2 Å². The lowest BCUT2D eigenvalue weighted by Crippen LogP contribution is -2.10. The fourth-order valence-electron chi connectivity index (χ4n) is 15.8. The number of halogens is 2. The van der Waals surface area contributed by atoms with E-state index in [1.807, 2.05) is 328 Å². The molecule has 7 heterocycles. The van der Waals surface area contributed by atoms with Crippen molar-refractivity contribution >= 4 is 123 Å². The third-order valence-electron chi connectivity index (χ3n) is 24.6. The van der Waals surface area contributed by atoms with Crippen LogP contribution < -0.4 is 4.74 Å². The third kappa shape index (κ3) is 25.7. The molecule has 0 atom stereocenters. The maximum absolute atomic E-state index is 13.5. The normalized spacial score (nSPS) is 11.1. The number of ketones is 6. The Hall–Kier alpha value is -15.7. The molecule has 0 amide bonds. The van der Waals surface area contributed by atoms with Gasteiger partial charge in [-0.1, -0.05) is 246 Å². The highest BCUT2D eigenvalue weighted by Gasteiger charge is 2.22. The van der Waals surface area contributed by atoms with Crippen LogP contribution in [0.4, 0.5) is 4.39 Å². The molecule has 0 bridgehead atoms. The molecular formula is C122H117ClFN7O11. The molecular weight excluding hydrogens is 1790 g/mol. The zero-order valence-corrected chi connectivity index (χ0v) is 84.3. The van der Waals surface area contributed by atoms with Gasteiger partial charge in [-0.15, -0.1) is 0 Å². The molecule has 0 saturated carbocycles. The standard InChI is InChI=1S/C23H23NO2.C23H23NO.C21H19FN2O2.C19H19NO2.C18H16ClNO2.C18H17NO2/c1-16(2)22(25)13-17-9-10-18(23(14-17)26-4)11-12-19-15-24(3)21-8-6-5-7-20(19)21;1-16(2)23(25)14-18-9-10-19(17(3)13-18)11-12-20-15-24(4)22-8-6-5-7-21(20)22;1-12(2)19(25)8-13-4-7-17-20(9-13)26-21(23-17)16-11-24(3)18-10-14(22)5-6-15(16)18;1-12(2)17(21)10-14-8-9-16-18(11-14)22-19(20-16)15-7-5-4-6-13(15)3;1-11(2)16(21)9-12-7-8-15-17(10-12)22-18(20-15)13-5-3-4-6-14(13)19;1-12(2)16(20)10-13-8-9-15-17(11-13)21-18(19-15)14-6-4-3-5-7-14/h5-10,14-16H,13H2,1-4H3;5-10,13,15-16H,14H2,1-4H3;4-7,9-12H,8H2,1-3H3;4-9,11-12H,10H2,1-3H3;3-8,10-11H,9H2,1-2H3;3-9,11-12H,10H2,1-2H3. The lowest BCUT2D eigenvalue weighted by Gasteiger charge is -2.08. The summed E-state index contributed by atoms with van der Waals surface area (Å²) in [5.74, 6) is 17.3. The van der Waals surface area contributed by atoms with Crippen LogP contribution in [0.15, 0.2) is 291 Å². The maximum Gasteiger partial charge on any atom is 0.229 e. The molecule has 19 aromatic rings. The number of ether oxygens (including phenoxy) is 1. The van der Waals surface area contributed by atoms with Crippen LogP contribution in [0, 0.1) is 78.9 Å². The van der Waals surface area contributed by atoms with E-state index in [-0.39, 0.29) is 76.0 Å². The zero-order chi connectivity index (χ0) is 101. The van der Waals surface area contributed by atoms with Gasteiger partial charge in [0.05, 0.1) is 45.5 Å². The lowest BCUT2D eigenvalue weighted by atomic mass is 9.98. The predicted octanol–water partition coefficient (Wildman–Crippen LogP) is 27.7. The SMILES string of the molecule is CC(C)C(=O)Cc1ccc2nc(-c3ccccc3)oc2c1.CC(C)C(=O)Cc1ccc2nc(-c3ccccc3Cl)oc2c1.CC(C)C(=O)Cc1ccc2nc(-c3cn(C)c4cc(F)ccc34)oc2c1.COc1cc(CC(=O)C(C)C)ccc1C#Cc1cn(C)c2ccccc12.Cc1cc(CC(=O)C(C)C)ccc1C#Cc1cn(C)c2ccccc12.Cc1ccccc1-c1nc2ccc(CC(=O)C(C)C)cc2o1. The highest BCUT2D eigenvalue weighted by molar-refractivity contribution is 6.33. The van der Waals surface area contributed by atoms with Crippen molar-refractivity contribution in [2.24, 2.45) is 56.7 Å².